The second-order valence-corrected chi connectivity index (χ2v) is 8.77. The van der Waals surface area contributed by atoms with E-state index in [1.807, 2.05) is 11.8 Å². The van der Waals surface area contributed by atoms with Crippen molar-refractivity contribution in [2.75, 3.05) is 18.0 Å². The van der Waals surface area contributed by atoms with E-state index in [0.717, 1.165) is 55.5 Å². The monoisotopic (exact) mass is 334 g/mol. The first kappa shape index (κ1) is 15.1. The van der Waals surface area contributed by atoms with Crippen molar-refractivity contribution < 1.29 is 13.2 Å². The number of nitrogens with zero attached hydrogens (tertiary/aromatic N) is 2. The summed E-state index contributed by atoms with van der Waals surface area (Å²) < 4.78 is 27.8. The number of amides is 1. The third kappa shape index (κ3) is 2.31. The molecule has 3 aliphatic rings. The molecule has 0 bridgehead atoms. The Balaban J connectivity index is 1.79. The van der Waals surface area contributed by atoms with Gasteiger partial charge in [-0.05, 0) is 55.9 Å². The molecule has 3 heterocycles. The standard InChI is InChI=1S/C17H22N2O3S/c1-12-5-2-3-8-19(12)23(21,22)15-9-13-6-4-7-18-16(20)11-14(10-15)17(13)18/h9-10,12H,2-8,11H2,1H3/t12-/m1/s1. The van der Waals surface area contributed by atoms with Gasteiger partial charge in [0.25, 0.3) is 0 Å². The highest BCUT2D eigenvalue weighted by atomic mass is 32.2. The van der Waals surface area contributed by atoms with Gasteiger partial charge in [0.2, 0.25) is 15.9 Å². The molecule has 1 aromatic carbocycles. The SMILES string of the molecule is C[C@@H]1CCCCN1S(=O)(=O)c1cc2c3c(c1)CC(=O)N3CCC2. The van der Waals surface area contributed by atoms with E-state index in [0.29, 0.717) is 17.9 Å². The summed E-state index contributed by atoms with van der Waals surface area (Å²) in [7, 11) is -3.47. The van der Waals surface area contributed by atoms with E-state index >= 15 is 0 Å². The van der Waals surface area contributed by atoms with Crippen LogP contribution in [0.2, 0.25) is 0 Å². The lowest BCUT2D eigenvalue weighted by Gasteiger charge is -2.33. The van der Waals surface area contributed by atoms with E-state index in [2.05, 4.69) is 0 Å². The number of benzene rings is 1. The third-order valence-corrected chi connectivity index (χ3v) is 7.32. The molecule has 23 heavy (non-hydrogen) atoms. The van der Waals surface area contributed by atoms with Crippen LogP contribution < -0.4 is 4.90 Å². The molecule has 1 atom stereocenters. The van der Waals surface area contributed by atoms with Crippen LogP contribution in [-0.4, -0.2) is 37.8 Å². The summed E-state index contributed by atoms with van der Waals surface area (Å²) in [4.78, 5) is 14.3. The van der Waals surface area contributed by atoms with Gasteiger partial charge in [-0.15, -0.1) is 0 Å². The fourth-order valence-corrected chi connectivity index (χ4v) is 5.96. The molecule has 3 aliphatic heterocycles. The number of hydrogen-bond donors (Lipinski definition) is 0. The molecule has 0 aromatic heterocycles. The van der Waals surface area contributed by atoms with Crippen molar-refractivity contribution in [3.05, 3.63) is 23.3 Å². The van der Waals surface area contributed by atoms with Crippen molar-refractivity contribution in [2.45, 2.75) is 56.4 Å². The minimum Gasteiger partial charge on any atom is -0.312 e. The number of piperidine rings is 1. The van der Waals surface area contributed by atoms with E-state index in [-0.39, 0.29) is 11.9 Å². The smallest absolute Gasteiger partial charge is 0.243 e. The number of hydrogen-bond acceptors (Lipinski definition) is 3. The number of aryl methyl sites for hydroxylation is 1. The average Bonchev–Trinajstić information content (AvgIpc) is 2.85. The molecule has 1 fully saturated rings. The zero-order valence-electron chi connectivity index (χ0n) is 13.4. The number of rotatable bonds is 2. The van der Waals surface area contributed by atoms with Gasteiger partial charge in [0.15, 0.2) is 0 Å². The summed E-state index contributed by atoms with van der Waals surface area (Å²) in [6, 6.07) is 3.59. The van der Waals surface area contributed by atoms with Gasteiger partial charge in [-0.3, -0.25) is 4.79 Å². The van der Waals surface area contributed by atoms with Crippen molar-refractivity contribution in [2.24, 2.45) is 0 Å². The normalized spacial score (nSPS) is 24.8. The van der Waals surface area contributed by atoms with Crippen LogP contribution in [0.15, 0.2) is 17.0 Å². The van der Waals surface area contributed by atoms with Crippen molar-refractivity contribution >= 4 is 21.6 Å². The predicted octanol–water partition coefficient (Wildman–Crippen LogP) is 2.08. The van der Waals surface area contributed by atoms with Gasteiger partial charge in [-0.25, -0.2) is 8.42 Å². The minimum absolute atomic E-state index is 0.0523. The third-order valence-electron chi connectivity index (χ3n) is 5.33. The number of anilines is 1. The number of sulfonamides is 1. The van der Waals surface area contributed by atoms with Crippen molar-refractivity contribution in [3.8, 4) is 0 Å². The van der Waals surface area contributed by atoms with E-state index in [1.165, 1.54) is 0 Å². The Bertz CT molecular complexity index is 772. The van der Waals surface area contributed by atoms with Gasteiger partial charge in [0.05, 0.1) is 17.0 Å². The topological polar surface area (TPSA) is 57.7 Å². The lowest BCUT2D eigenvalue weighted by atomic mass is 10.0. The van der Waals surface area contributed by atoms with Crippen molar-refractivity contribution in [1.82, 2.24) is 4.31 Å². The first-order valence-electron chi connectivity index (χ1n) is 8.46. The first-order chi connectivity index (χ1) is 11.0. The van der Waals surface area contributed by atoms with E-state index in [1.54, 1.807) is 16.4 Å². The highest BCUT2D eigenvalue weighted by Crippen LogP contribution is 2.39. The predicted molar refractivity (Wildman–Crippen MR) is 88.0 cm³/mol. The van der Waals surface area contributed by atoms with Crippen LogP contribution in [0.5, 0.6) is 0 Å². The quantitative estimate of drug-likeness (QED) is 0.832. The number of carbonyl (C=O) groups is 1. The van der Waals surface area contributed by atoms with Gasteiger partial charge in [-0.2, -0.15) is 4.31 Å². The molecule has 0 aliphatic carbocycles. The highest BCUT2D eigenvalue weighted by Gasteiger charge is 2.36. The Morgan fingerprint density at radius 1 is 1.09 bits per heavy atom. The molecule has 124 valence electrons. The summed E-state index contributed by atoms with van der Waals surface area (Å²) in [6.07, 6.45) is 5.02. The zero-order chi connectivity index (χ0) is 16.2. The second kappa shape index (κ2) is 5.31. The molecule has 5 nitrogen and oxygen atoms in total. The van der Waals surface area contributed by atoms with Crippen LogP contribution >= 0.6 is 0 Å². The largest absolute Gasteiger partial charge is 0.312 e. The Morgan fingerprint density at radius 3 is 2.65 bits per heavy atom. The summed E-state index contributed by atoms with van der Waals surface area (Å²) in [5.74, 6) is 0.0989. The Morgan fingerprint density at radius 2 is 1.87 bits per heavy atom. The minimum atomic E-state index is -3.47. The Labute approximate surface area is 137 Å². The maximum atomic E-state index is 13.1. The molecule has 0 unspecified atom stereocenters. The molecular weight excluding hydrogens is 312 g/mol. The Hall–Kier alpha value is -1.40. The fraction of sp³-hybridized carbons (Fsp3) is 0.588. The molecule has 1 amide bonds. The summed E-state index contributed by atoms with van der Waals surface area (Å²) >= 11 is 0. The van der Waals surface area contributed by atoms with Crippen LogP contribution in [-0.2, 0) is 27.7 Å². The van der Waals surface area contributed by atoms with E-state index in [4.69, 9.17) is 0 Å². The Kier molecular flexibility index (Phi) is 3.50. The molecule has 1 aromatic rings. The van der Waals surface area contributed by atoms with E-state index in [9.17, 15) is 13.2 Å². The van der Waals surface area contributed by atoms with Crippen molar-refractivity contribution in [3.63, 3.8) is 0 Å². The summed E-state index contributed by atoms with van der Waals surface area (Å²) in [6.45, 7) is 3.34. The average molecular weight is 334 g/mol. The lowest BCUT2D eigenvalue weighted by molar-refractivity contribution is -0.117. The van der Waals surface area contributed by atoms with Crippen LogP contribution in [0.1, 0.15) is 43.7 Å². The zero-order valence-corrected chi connectivity index (χ0v) is 14.2. The molecule has 0 N–H and O–H groups in total. The van der Waals surface area contributed by atoms with Crippen LogP contribution in [0.25, 0.3) is 0 Å². The lowest BCUT2D eigenvalue weighted by Crippen LogP contribution is -2.42. The summed E-state index contributed by atoms with van der Waals surface area (Å²) in [5.41, 5.74) is 2.88. The molecule has 4 rings (SSSR count). The summed E-state index contributed by atoms with van der Waals surface area (Å²) in [5, 5.41) is 0. The van der Waals surface area contributed by atoms with Crippen LogP contribution in [0.4, 0.5) is 5.69 Å². The fourth-order valence-electron chi connectivity index (χ4n) is 4.16. The molecule has 0 radical (unpaired) electrons. The molecule has 0 saturated carbocycles. The van der Waals surface area contributed by atoms with Crippen LogP contribution in [0, 0.1) is 0 Å². The van der Waals surface area contributed by atoms with Gasteiger partial charge >= 0.3 is 0 Å². The highest BCUT2D eigenvalue weighted by molar-refractivity contribution is 7.89. The molecule has 6 heteroatoms. The maximum Gasteiger partial charge on any atom is 0.243 e. The van der Waals surface area contributed by atoms with E-state index < -0.39 is 10.0 Å². The van der Waals surface area contributed by atoms with Crippen molar-refractivity contribution in [1.29, 1.82) is 0 Å². The maximum absolute atomic E-state index is 13.1. The molecule has 0 spiro atoms. The molecular formula is C17H22N2O3S. The molecule has 1 saturated heterocycles. The van der Waals surface area contributed by atoms with Gasteiger partial charge in [0, 0.05) is 19.1 Å². The second-order valence-electron chi connectivity index (χ2n) is 6.88. The van der Waals surface area contributed by atoms with Crippen LogP contribution in [0.3, 0.4) is 0 Å². The van der Waals surface area contributed by atoms with Gasteiger partial charge < -0.3 is 4.90 Å². The number of carbonyl (C=O) groups excluding carboxylic acids is 1. The first-order valence-corrected chi connectivity index (χ1v) is 9.90. The van der Waals surface area contributed by atoms with Gasteiger partial charge in [0.1, 0.15) is 0 Å². The van der Waals surface area contributed by atoms with Gasteiger partial charge in [-0.1, -0.05) is 6.42 Å².